The minimum atomic E-state index is -0.131. The lowest BCUT2D eigenvalue weighted by Crippen LogP contribution is -2.39. The summed E-state index contributed by atoms with van der Waals surface area (Å²) >= 11 is 0. The van der Waals surface area contributed by atoms with Crippen molar-refractivity contribution in [3.63, 3.8) is 0 Å². The van der Waals surface area contributed by atoms with E-state index in [1.165, 1.54) is 12.4 Å². The third-order valence-corrected chi connectivity index (χ3v) is 5.02. The fourth-order valence-corrected chi connectivity index (χ4v) is 3.49. The van der Waals surface area contributed by atoms with E-state index in [1.54, 1.807) is 13.2 Å². The molecule has 0 saturated heterocycles. The third kappa shape index (κ3) is 4.19. The molecular formula is C21H23N5O2. The molecule has 0 bridgehead atoms. The van der Waals surface area contributed by atoms with Crippen LogP contribution in [0.5, 0.6) is 5.75 Å². The van der Waals surface area contributed by atoms with Crippen LogP contribution in [0.15, 0.2) is 48.9 Å². The minimum absolute atomic E-state index is 0.131. The quantitative estimate of drug-likeness (QED) is 0.710. The van der Waals surface area contributed by atoms with Gasteiger partial charge in [0.05, 0.1) is 17.2 Å². The molecule has 1 aliphatic carbocycles. The molecule has 1 aromatic carbocycles. The number of hydrogen-bond acceptors (Lipinski definition) is 6. The van der Waals surface area contributed by atoms with Crippen LogP contribution in [0.1, 0.15) is 36.0 Å². The number of nitrogens with one attached hydrogen (secondary N) is 2. The second-order valence-electron chi connectivity index (χ2n) is 6.97. The molecule has 0 radical (unpaired) electrons. The van der Waals surface area contributed by atoms with Crippen LogP contribution in [-0.2, 0) is 0 Å². The molecule has 2 aromatic heterocycles. The maximum absolute atomic E-state index is 12.4. The van der Waals surface area contributed by atoms with E-state index in [-0.39, 0.29) is 18.1 Å². The Morgan fingerprint density at radius 2 is 1.86 bits per heavy atom. The van der Waals surface area contributed by atoms with E-state index in [0.717, 1.165) is 42.3 Å². The van der Waals surface area contributed by atoms with E-state index in [1.807, 2.05) is 30.3 Å². The van der Waals surface area contributed by atoms with Crippen LogP contribution < -0.4 is 15.4 Å². The molecule has 2 heterocycles. The first kappa shape index (κ1) is 18.2. The van der Waals surface area contributed by atoms with Gasteiger partial charge in [0.1, 0.15) is 5.75 Å². The maximum Gasteiger partial charge on any atom is 0.254 e. The van der Waals surface area contributed by atoms with Gasteiger partial charge in [0.25, 0.3) is 5.91 Å². The fraction of sp³-hybridized carbons (Fsp3) is 0.333. The number of pyridine rings is 1. The Hall–Kier alpha value is -3.22. The third-order valence-electron chi connectivity index (χ3n) is 5.02. The van der Waals surface area contributed by atoms with E-state index in [0.29, 0.717) is 11.5 Å². The number of carbonyl (C=O) groups excluding carboxylic acids is 1. The molecule has 1 amide bonds. The van der Waals surface area contributed by atoms with Gasteiger partial charge < -0.3 is 15.4 Å². The molecule has 4 rings (SSSR count). The van der Waals surface area contributed by atoms with Crippen molar-refractivity contribution in [3.05, 3.63) is 54.5 Å². The minimum Gasteiger partial charge on any atom is -0.490 e. The fourth-order valence-electron chi connectivity index (χ4n) is 3.49. The average molecular weight is 377 g/mol. The topological polar surface area (TPSA) is 89.0 Å². The van der Waals surface area contributed by atoms with Gasteiger partial charge in [-0.2, -0.15) is 0 Å². The Morgan fingerprint density at radius 1 is 1.07 bits per heavy atom. The van der Waals surface area contributed by atoms with Crippen molar-refractivity contribution < 1.29 is 9.53 Å². The second kappa shape index (κ2) is 8.21. The Balaban J connectivity index is 1.29. The number of benzene rings is 1. The summed E-state index contributed by atoms with van der Waals surface area (Å²) in [5.74, 6) is 1.24. The van der Waals surface area contributed by atoms with Crippen molar-refractivity contribution in [2.45, 2.75) is 37.8 Å². The molecule has 0 spiro atoms. The van der Waals surface area contributed by atoms with E-state index in [9.17, 15) is 4.79 Å². The van der Waals surface area contributed by atoms with Gasteiger partial charge in [-0.25, -0.2) is 9.97 Å². The number of nitrogens with zero attached hydrogens (tertiary/aromatic N) is 3. The van der Waals surface area contributed by atoms with Crippen molar-refractivity contribution in [1.29, 1.82) is 0 Å². The van der Waals surface area contributed by atoms with Gasteiger partial charge in [-0.05, 0) is 49.9 Å². The maximum atomic E-state index is 12.4. The Kier molecular flexibility index (Phi) is 5.32. The average Bonchev–Trinajstić information content (AvgIpc) is 2.75. The Bertz CT molecular complexity index is 952. The molecule has 3 aromatic rings. The van der Waals surface area contributed by atoms with Gasteiger partial charge in [-0.3, -0.25) is 9.78 Å². The molecule has 0 atom stereocenters. The number of amides is 1. The highest BCUT2D eigenvalue weighted by molar-refractivity contribution is 5.93. The van der Waals surface area contributed by atoms with E-state index >= 15 is 0 Å². The first-order valence-electron chi connectivity index (χ1n) is 9.53. The Morgan fingerprint density at radius 3 is 2.61 bits per heavy atom. The molecule has 1 aliphatic rings. The summed E-state index contributed by atoms with van der Waals surface area (Å²) in [7, 11) is 1.74. The van der Waals surface area contributed by atoms with Crippen molar-refractivity contribution in [2.24, 2.45) is 0 Å². The molecule has 7 nitrogen and oxygen atoms in total. The predicted molar refractivity (Wildman–Crippen MR) is 107 cm³/mol. The highest BCUT2D eigenvalue weighted by Crippen LogP contribution is 2.26. The normalized spacial score (nSPS) is 19.2. The van der Waals surface area contributed by atoms with Crippen LogP contribution in [-0.4, -0.2) is 40.1 Å². The molecule has 28 heavy (non-hydrogen) atoms. The van der Waals surface area contributed by atoms with Crippen molar-refractivity contribution >= 4 is 22.8 Å². The van der Waals surface area contributed by atoms with Crippen LogP contribution in [0.3, 0.4) is 0 Å². The van der Waals surface area contributed by atoms with Gasteiger partial charge in [0.15, 0.2) is 0 Å². The standard InChI is InChI=1S/C21H23N5O2/c1-22-21-24-12-15(13-25-21)20(27)26-16-4-6-17(7-5-16)28-18-8-9-19-14(11-18)3-2-10-23-19/h2-3,8-13,16-17H,4-7H2,1H3,(H,26,27)(H,22,24,25). The predicted octanol–water partition coefficient (Wildman–Crippen LogP) is 3.19. The number of anilines is 1. The molecule has 0 aliphatic heterocycles. The largest absolute Gasteiger partial charge is 0.490 e. The molecular weight excluding hydrogens is 354 g/mol. The molecule has 2 N–H and O–H groups in total. The molecule has 1 saturated carbocycles. The zero-order valence-electron chi connectivity index (χ0n) is 15.8. The van der Waals surface area contributed by atoms with Gasteiger partial charge >= 0.3 is 0 Å². The first-order valence-corrected chi connectivity index (χ1v) is 9.53. The van der Waals surface area contributed by atoms with Crippen LogP contribution in [0.4, 0.5) is 5.95 Å². The summed E-state index contributed by atoms with van der Waals surface area (Å²) in [6, 6.07) is 10.1. The summed E-state index contributed by atoms with van der Waals surface area (Å²) in [6.07, 6.45) is 8.63. The number of aromatic nitrogens is 3. The van der Waals surface area contributed by atoms with Gasteiger partial charge in [-0.15, -0.1) is 0 Å². The summed E-state index contributed by atoms with van der Waals surface area (Å²) in [4.78, 5) is 24.9. The summed E-state index contributed by atoms with van der Waals surface area (Å²) < 4.78 is 6.16. The summed E-state index contributed by atoms with van der Waals surface area (Å²) in [5.41, 5.74) is 1.44. The van der Waals surface area contributed by atoms with Crippen molar-refractivity contribution in [1.82, 2.24) is 20.3 Å². The lowest BCUT2D eigenvalue weighted by atomic mass is 9.92. The van der Waals surface area contributed by atoms with Crippen LogP contribution >= 0.6 is 0 Å². The van der Waals surface area contributed by atoms with Gasteiger partial charge in [-0.1, -0.05) is 6.07 Å². The monoisotopic (exact) mass is 377 g/mol. The number of rotatable bonds is 5. The summed E-state index contributed by atoms with van der Waals surface area (Å²) in [5, 5.41) is 6.99. The number of ether oxygens (including phenoxy) is 1. The van der Waals surface area contributed by atoms with Crippen LogP contribution in [0.25, 0.3) is 10.9 Å². The lowest BCUT2D eigenvalue weighted by Gasteiger charge is -2.29. The summed E-state index contributed by atoms with van der Waals surface area (Å²) in [6.45, 7) is 0. The second-order valence-corrected chi connectivity index (χ2v) is 6.97. The SMILES string of the molecule is CNc1ncc(C(=O)NC2CCC(Oc3ccc4ncccc4c3)CC2)cn1. The highest BCUT2D eigenvalue weighted by Gasteiger charge is 2.24. The number of hydrogen-bond donors (Lipinski definition) is 2. The zero-order valence-corrected chi connectivity index (χ0v) is 15.8. The van der Waals surface area contributed by atoms with Crippen LogP contribution in [0, 0.1) is 0 Å². The zero-order chi connectivity index (χ0) is 19.3. The smallest absolute Gasteiger partial charge is 0.254 e. The van der Waals surface area contributed by atoms with Crippen LogP contribution in [0.2, 0.25) is 0 Å². The van der Waals surface area contributed by atoms with E-state index in [2.05, 4.69) is 25.6 Å². The molecule has 144 valence electrons. The van der Waals surface area contributed by atoms with E-state index in [4.69, 9.17) is 4.74 Å². The van der Waals surface area contributed by atoms with E-state index < -0.39 is 0 Å². The first-order chi connectivity index (χ1) is 13.7. The Labute approximate surface area is 163 Å². The number of carbonyl (C=O) groups is 1. The van der Waals surface area contributed by atoms with Gasteiger partial charge in [0, 0.05) is 37.1 Å². The molecule has 7 heteroatoms. The molecule has 0 unspecified atom stereocenters. The highest BCUT2D eigenvalue weighted by atomic mass is 16.5. The van der Waals surface area contributed by atoms with Gasteiger partial charge in [0.2, 0.25) is 5.95 Å². The van der Waals surface area contributed by atoms with Crippen molar-refractivity contribution in [2.75, 3.05) is 12.4 Å². The van der Waals surface area contributed by atoms with Crippen molar-refractivity contribution in [3.8, 4) is 5.75 Å². The number of fused-ring (bicyclic) bond motifs is 1. The lowest BCUT2D eigenvalue weighted by molar-refractivity contribution is 0.0893. The molecule has 1 fully saturated rings.